The summed E-state index contributed by atoms with van der Waals surface area (Å²) in [5.74, 6) is -0.966. The molecule has 4 nitrogen and oxygen atoms in total. The van der Waals surface area contributed by atoms with E-state index in [-0.39, 0.29) is 5.56 Å². The lowest BCUT2D eigenvalue weighted by Crippen LogP contribution is -1.97. The van der Waals surface area contributed by atoms with Crippen LogP contribution < -0.4 is 0 Å². The third-order valence-corrected chi connectivity index (χ3v) is 3.32. The molecule has 1 heterocycles. The lowest BCUT2D eigenvalue weighted by atomic mass is 10.0. The second-order valence-corrected chi connectivity index (χ2v) is 4.58. The highest BCUT2D eigenvalue weighted by molar-refractivity contribution is 6.33. The Bertz CT molecular complexity index is 632. The zero-order chi connectivity index (χ0) is 13.4. The van der Waals surface area contributed by atoms with Gasteiger partial charge in [0.2, 0.25) is 0 Å². The summed E-state index contributed by atoms with van der Waals surface area (Å²) in [6.45, 7) is 3.81. The third-order valence-electron chi connectivity index (χ3n) is 2.99. The average Bonchev–Trinajstić information content (AvgIpc) is 2.54. The molecular formula is C13H13ClN2O2. The molecule has 0 atom stereocenters. The maximum atomic E-state index is 11.0. The first kappa shape index (κ1) is 12.6. The van der Waals surface area contributed by atoms with Crippen molar-refractivity contribution in [2.24, 2.45) is 7.05 Å². The number of nitrogens with zero attached hydrogens (tertiary/aromatic N) is 2. The molecule has 5 heteroatoms. The SMILES string of the molecule is Cc1nn(C)c(C)c1-c1cc(C(=O)O)ccc1Cl. The minimum atomic E-state index is -0.966. The number of halogens is 1. The molecule has 0 radical (unpaired) electrons. The summed E-state index contributed by atoms with van der Waals surface area (Å²) in [7, 11) is 1.85. The maximum absolute atomic E-state index is 11.0. The smallest absolute Gasteiger partial charge is 0.335 e. The van der Waals surface area contributed by atoms with E-state index >= 15 is 0 Å². The molecule has 94 valence electrons. The van der Waals surface area contributed by atoms with Crippen molar-refractivity contribution in [2.75, 3.05) is 0 Å². The van der Waals surface area contributed by atoms with Crippen LogP contribution in [0.5, 0.6) is 0 Å². The van der Waals surface area contributed by atoms with Crippen molar-refractivity contribution in [1.82, 2.24) is 9.78 Å². The number of hydrogen-bond acceptors (Lipinski definition) is 2. The third kappa shape index (κ3) is 1.99. The maximum Gasteiger partial charge on any atom is 0.335 e. The summed E-state index contributed by atoms with van der Waals surface area (Å²) >= 11 is 6.16. The van der Waals surface area contributed by atoms with E-state index in [0.717, 1.165) is 17.0 Å². The zero-order valence-electron chi connectivity index (χ0n) is 10.4. The van der Waals surface area contributed by atoms with Crippen LogP contribution in [0.2, 0.25) is 5.02 Å². The quantitative estimate of drug-likeness (QED) is 0.907. The first-order chi connectivity index (χ1) is 8.41. The van der Waals surface area contributed by atoms with Gasteiger partial charge in [-0.25, -0.2) is 4.79 Å². The number of aryl methyl sites for hydroxylation is 2. The number of carboxylic acids is 1. The Hall–Kier alpha value is -1.81. The standard InChI is InChI=1S/C13H13ClN2O2/c1-7-12(8(2)16(3)15-7)10-6-9(13(17)18)4-5-11(10)14/h4-6H,1-3H3,(H,17,18). The van der Waals surface area contributed by atoms with Gasteiger partial charge < -0.3 is 5.11 Å². The molecule has 1 aromatic carbocycles. The fourth-order valence-corrected chi connectivity index (χ4v) is 2.23. The van der Waals surface area contributed by atoms with Crippen molar-refractivity contribution >= 4 is 17.6 Å². The zero-order valence-corrected chi connectivity index (χ0v) is 11.1. The van der Waals surface area contributed by atoms with Crippen molar-refractivity contribution in [1.29, 1.82) is 0 Å². The van der Waals surface area contributed by atoms with Gasteiger partial charge in [-0.3, -0.25) is 4.68 Å². The highest BCUT2D eigenvalue weighted by Gasteiger charge is 2.16. The number of hydrogen-bond donors (Lipinski definition) is 1. The van der Waals surface area contributed by atoms with E-state index < -0.39 is 5.97 Å². The molecule has 0 aliphatic rings. The Morgan fingerprint density at radius 3 is 2.56 bits per heavy atom. The molecule has 0 aliphatic heterocycles. The van der Waals surface area contributed by atoms with Gasteiger partial charge in [-0.05, 0) is 32.0 Å². The number of aromatic carboxylic acids is 1. The van der Waals surface area contributed by atoms with Crippen molar-refractivity contribution < 1.29 is 9.90 Å². The van der Waals surface area contributed by atoms with Gasteiger partial charge >= 0.3 is 5.97 Å². The van der Waals surface area contributed by atoms with Crippen LogP contribution >= 0.6 is 11.6 Å². The molecule has 1 aromatic heterocycles. The molecule has 2 rings (SSSR count). The van der Waals surface area contributed by atoms with Crippen molar-refractivity contribution in [2.45, 2.75) is 13.8 Å². The predicted octanol–water partition coefficient (Wildman–Crippen LogP) is 3.06. The second-order valence-electron chi connectivity index (χ2n) is 4.17. The van der Waals surface area contributed by atoms with Gasteiger partial charge in [-0.2, -0.15) is 5.10 Å². The van der Waals surface area contributed by atoms with Gasteiger partial charge in [0.1, 0.15) is 0 Å². The number of aromatic nitrogens is 2. The molecule has 0 unspecified atom stereocenters. The minimum absolute atomic E-state index is 0.219. The molecule has 0 bridgehead atoms. The van der Waals surface area contributed by atoms with Crippen LogP contribution in [0.15, 0.2) is 18.2 Å². The molecule has 2 aromatic rings. The minimum Gasteiger partial charge on any atom is -0.478 e. The van der Waals surface area contributed by atoms with Gasteiger partial charge in [0.15, 0.2) is 0 Å². The number of carbonyl (C=O) groups is 1. The monoisotopic (exact) mass is 264 g/mol. The highest BCUT2D eigenvalue weighted by atomic mass is 35.5. The summed E-state index contributed by atoms with van der Waals surface area (Å²) in [5, 5.41) is 13.9. The summed E-state index contributed by atoms with van der Waals surface area (Å²) in [4.78, 5) is 11.0. The summed E-state index contributed by atoms with van der Waals surface area (Å²) in [6, 6.07) is 4.68. The van der Waals surface area contributed by atoms with Crippen LogP contribution in [-0.4, -0.2) is 20.9 Å². The topological polar surface area (TPSA) is 55.1 Å². The van der Waals surface area contributed by atoms with Gasteiger partial charge in [-0.15, -0.1) is 0 Å². The van der Waals surface area contributed by atoms with Crippen LogP contribution in [0.3, 0.4) is 0 Å². The van der Waals surface area contributed by atoms with Gasteiger partial charge in [-0.1, -0.05) is 11.6 Å². The Labute approximate surface area is 110 Å². The van der Waals surface area contributed by atoms with Crippen LogP contribution in [0, 0.1) is 13.8 Å². The number of rotatable bonds is 2. The van der Waals surface area contributed by atoms with Crippen LogP contribution in [-0.2, 0) is 7.05 Å². The summed E-state index contributed by atoms with van der Waals surface area (Å²) < 4.78 is 1.76. The van der Waals surface area contributed by atoms with Gasteiger partial charge in [0, 0.05) is 28.9 Å². The van der Waals surface area contributed by atoms with E-state index in [9.17, 15) is 4.79 Å². The average molecular weight is 265 g/mol. The highest BCUT2D eigenvalue weighted by Crippen LogP contribution is 2.33. The van der Waals surface area contributed by atoms with Crippen molar-refractivity contribution in [3.05, 3.63) is 40.2 Å². The number of carboxylic acid groups (broad SMARTS) is 1. The molecule has 0 amide bonds. The number of benzene rings is 1. The van der Waals surface area contributed by atoms with E-state index in [0.29, 0.717) is 10.6 Å². The summed E-state index contributed by atoms with van der Waals surface area (Å²) in [5.41, 5.74) is 3.61. The Morgan fingerprint density at radius 2 is 2.06 bits per heavy atom. The molecule has 0 saturated carbocycles. The predicted molar refractivity (Wildman–Crippen MR) is 70.1 cm³/mol. The molecule has 0 spiro atoms. The van der Waals surface area contributed by atoms with E-state index in [1.54, 1.807) is 16.8 Å². The molecular weight excluding hydrogens is 252 g/mol. The van der Waals surface area contributed by atoms with Crippen molar-refractivity contribution in [3.8, 4) is 11.1 Å². The molecule has 18 heavy (non-hydrogen) atoms. The Balaban J connectivity index is 2.70. The lowest BCUT2D eigenvalue weighted by Gasteiger charge is -2.06. The van der Waals surface area contributed by atoms with Gasteiger partial charge in [0.25, 0.3) is 0 Å². The molecule has 0 saturated heterocycles. The fraction of sp³-hybridized carbons (Fsp3) is 0.231. The normalized spacial score (nSPS) is 10.7. The van der Waals surface area contributed by atoms with Crippen LogP contribution in [0.4, 0.5) is 0 Å². The van der Waals surface area contributed by atoms with Crippen molar-refractivity contribution in [3.63, 3.8) is 0 Å². The van der Waals surface area contributed by atoms with E-state index in [1.807, 2.05) is 20.9 Å². The Morgan fingerprint density at radius 1 is 1.39 bits per heavy atom. The van der Waals surface area contributed by atoms with E-state index in [2.05, 4.69) is 5.10 Å². The van der Waals surface area contributed by atoms with Crippen LogP contribution in [0.1, 0.15) is 21.7 Å². The fourth-order valence-electron chi connectivity index (χ4n) is 2.01. The largest absolute Gasteiger partial charge is 0.478 e. The first-order valence-electron chi connectivity index (χ1n) is 5.45. The molecule has 1 N–H and O–H groups in total. The summed E-state index contributed by atoms with van der Waals surface area (Å²) in [6.07, 6.45) is 0. The van der Waals surface area contributed by atoms with E-state index in [1.165, 1.54) is 6.07 Å². The van der Waals surface area contributed by atoms with Gasteiger partial charge in [0.05, 0.1) is 11.3 Å². The molecule has 0 aliphatic carbocycles. The first-order valence-corrected chi connectivity index (χ1v) is 5.83. The van der Waals surface area contributed by atoms with Crippen LogP contribution in [0.25, 0.3) is 11.1 Å². The lowest BCUT2D eigenvalue weighted by molar-refractivity contribution is 0.0697. The molecule has 0 fully saturated rings. The van der Waals surface area contributed by atoms with E-state index in [4.69, 9.17) is 16.7 Å². The second kappa shape index (κ2) is 4.46. The Kier molecular flexibility index (Phi) is 3.13.